The highest BCUT2D eigenvalue weighted by molar-refractivity contribution is 6.36. The van der Waals surface area contributed by atoms with Gasteiger partial charge in [-0.2, -0.15) is 0 Å². The van der Waals surface area contributed by atoms with Crippen molar-refractivity contribution in [3.63, 3.8) is 0 Å². The molecule has 0 radical (unpaired) electrons. The minimum Gasteiger partial charge on any atom is -0.497 e. The predicted molar refractivity (Wildman–Crippen MR) is 68.5 cm³/mol. The van der Waals surface area contributed by atoms with Gasteiger partial charge >= 0.3 is 0 Å². The third kappa shape index (κ3) is 2.31. The van der Waals surface area contributed by atoms with Gasteiger partial charge in [0.2, 0.25) is 0 Å². The molecule has 1 nitrogen and oxygen atoms in total. The zero-order valence-electron chi connectivity index (χ0n) is 8.71. The third-order valence-corrected chi connectivity index (χ3v) is 2.88. The van der Waals surface area contributed by atoms with Crippen molar-refractivity contribution in [3.05, 3.63) is 52.5 Å². The van der Waals surface area contributed by atoms with Crippen molar-refractivity contribution in [1.29, 1.82) is 0 Å². The van der Waals surface area contributed by atoms with E-state index in [0.29, 0.717) is 10.0 Å². The third-order valence-electron chi connectivity index (χ3n) is 2.33. The molecule has 2 aromatic carbocycles. The molecule has 0 aliphatic rings. The molecule has 0 spiro atoms. The molecule has 0 heterocycles. The van der Waals surface area contributed by atoms with Gasteiger partial charge in [-0.15, -0.1) is 0 Å². The van der Waals surface area contributed by atoms with E-state index in [9.17, 15) is 0 Å². The van der Waals surface area contributed by atoms with Crippen molar-refractivity contribution in [2.45, 2.75) is 0 Å². The molecule has 16 heavy (non-hydrogen) atoms. The van der Waals surface area contributed by atoms with Crippen molar-refractivity contribution < 1.29 is 4.74 Å². The van der Waals surface area contributed by atoms with Crippen LogP contribution in [-0.2, 0) is 0 Å². The summed E-state index contributed by atoms with van der Waals surface area (Å²) in [6, 6.07) is 13.2. The molecule has 0 saturated heterocycles. The second-order valence-electron chi connectivity index (χ2n) is 3.35. The Hall–Kier alpha value is -1.18. The van der Waals surface area contributed by atoms with Crippen molar-refractivity contribution in [2.24, 2.45) is 0 Å². The highest BCUT2D eigenvalue weighted by Gasteiger charge is 2.04. The molecule has 82 valence electrons. The largest absolute Gasteiger partial charge is 0.497 e. The predicted octanol–water partition coefficient (Wildman–Crippen LogP) is 4.67. The normalized spacial score (nSPS) is 10.2. The van der Waals surface area contributed by atoms with E-state index < -0.39 is 0 Å². The smallest absolute Gasteiger partial charge is 0.118 e. The van der Waals surface area contributed by atoms with E-state index in [4.69, 9.17) is 27.9 Å². The number of methoxy groups -OCH3 is 1. The van der Waals surface area contributed by atoms with Gasteiger partial charge in [0.25, 0.3) is 0 Å². The van der Waals surface area contributed by atoms with E-state index in [1.165, 1.54) is 0 Å². The quantitative estimate of drug-likeness (QED) is 0.755. The molecular weight excluding hydrogens is 243 g/mol. The van der Waals surface area contributed by atoms with Crippen LogP contribution in [0.25, 0.3) is 11.1 Å². The first-order valence-electron chi connectivity index (χ1n) is 4.80. The molecule has 0 aliphatic heterocycles. The first kappa shape index (κ1) is 11.3. The number of rotatable bonds is 2. The standard InChI is InChI=1S/C13H10Cl2O/c1-16-11-5-2-9(3-6-11)12-7-4-10(14)8-13(12)15/h2-8H,1H3. The number of benzene rings is 2. The molecule has 0 saturated carbocycles. The molecule has 0 aliphatic carbocycles. The average Bonchev–Trinajstić information content (AvgIpc) is 2.29. The fraction of sp³-hybridized carbons (Fsp3) is 0.0769. The zero-order valence-corrected chi connectivity index (χ0v) is 10.2. The van der Waals surface area contributed by atoms with Crippen LogP contribution in [0.5, 0.6) is 5.75 Å². The van der Waals surface area contributed by atoms with Crippen LogP contribution >= 0.6 is 23.2 Å². The van der Waals surface area contributed by atoms with E-state index in [0.717, 1.165) is 16.9 Å². The van der Waals surface area contributed by atoms with Gasteiger partial charge in [0, 0.05) is 15.6 Å². The summed E-state index contributed by atoms with van der Waals surface area (Å²) < 4.78 is 5.10. The Kier molecular flexibility index (Phi) is 3.37. The number of hydrogen-bond acceptors (Lipinski definition) is 1. The molecule has 0 bridgehead atoms. The average molecular weight is 253 g/mol. The summed E-state index contributed by atoms with van der Waals surface area (Å²) in [6.07, 6.45) is 0. The minimum absolute atomic E-state index is 0.641. The van der Waals surface area contributed by atoms with Gasteiger partial charge < -0.3 is 4.74 Å². The Morgan fingerprint density at radius 2 is 1.62 bits per heavy atom. The molecular formula is C13H10Cl2O. The van der Waals surface area contributed by atoms with Gasteiger partial charge in [0.15, 0.2) is 0 Å². The van der Waals surface area contributed by atoms with Crippen LogP contribution in [0.2, 0.25) is 10.0 Å². The molecule has 0 N–H and O–H groups in total. The molecule has 0 aromatic heterocycles. The number of hydrogen-bond donors (Lipinski definition) is 0. The van der Waals surface area contributed by atoms with Gasteiger partial charge in [0.1, 0.15) is 5.75 Å². The summed E-state index contributed by atoms with van der Waals surface area (Å²) in [5.74, 6) is 0.828. The van der Waals surface area contributed by atoms with Crippen LogP contribution < -0.4 is 4.74 Å². The zero-order chi connectivity index (χ0) is 11.5. The lowest BCUT2D eigenvalue weighted by Gasteiger charge is -2.06. The summed E-state index contributed by atoms with van der Waals surface area (Å²) >= 11 is 12.0. The molecule has 0 atom stereocenters. The van der Waals surface area contributed by atoms with Crippen LogP contribution in [0, 0.1) is 0 Å². The molecule has 3 heteroatoms. The van der Waals surface area contributed by atoms with E-state index in [1.54, 1.807) is 13.2 Å². The summed E-state index contributed by atoms with van der Waals surface area (Å²) in [5.41, 5.74) is 2.01. The Balaban J connectivity index is 2.42. The Morgan fingerprint density at radius 1 is 0.938 bits per heavy atom. The Labute approximate surface area is 105 Å². The van der Waals surface area contributed by atoms with E-state index in [2.05, 4.69) is 0 Å². The van der Waals surface area contributed by atoms with E-state index in [1.807, 2.05) is 36.4 Å². The second-order valence-corrected chi connectivity index (χ2v) is 4.20. The van der Waals surface area contributed by atoms with Crippen molar-refractivity contribution in [2.75, 3.05) is 7.11 Å². The molecule has 0 fully saturated rings. The number of halogens is 2. The molecule has 0 unspecified atom stereocenters. The molecule has 2 rings (SSSR count). The van der Waals surface area contributed by atoms with Crippen LogP contribution in [0.15, 0.2) is 42.5 Å². The van der Waals surface area contributed by atoms with Gasteiger partial charge in [-0.3, -0.25) is 0 Å². The lowest BCUT2D eigenvalue weighted by atomic mass is 10.1. The summed E-state index contributed by atoms with van der Waals surface area (Å²) in [5, 5.41) is 1.29. The van der Waals surface area contributed by atoms with Crippen LogP contribution in [0.4, 0.5) is 0 Å². The first-order chi connectivity index (χ1) is 7.70. The van der Waals surface area contributed by atoms with Crippen molar-refractivity contribution >= 4 is 23.2 Å². The lowest BCUT2D eigenvalue weighted by Crippen LogP contribution is -1.83. The highest BCUT2D eigenvalue weighted by Crippen LogP contribution is 2.31. The monoisotopic (exact) mass is 252 g/mol. The van der Waals surface area contributed by atoms with Crippen LogP contribution in [-0.4, -0.2) is 7.11 Å². The first-order valence-corrected chi connectivity index (χ1v) is 5.56. The molecule has 2 aromatic rings. The Morgan fingerprint density at radius 3 is 2.19 bits per heavy atom. The number of ether oxygens (including phenoxy) is 1. The van der Waals surface area contributed by atoms with Gasteiger partial charge in [-0.1, -0.05) is 41.4 Å². The maximum Gasteiger partial charge on any atom is 0.118 e. The van der Waals surface area contributed by atoms with Crippen LogP contribution in [0.1, 0.15) is 0 Å². The SMILES string of the molecule is COc1ccc(-c2ccc(Cl)cc2Cl)cc1. The maximum atomic E-state index is 6.12. The fourth-order valence-corrected chi connectivity index (χ4v) is 2.01. The highest BCUT2D eigenvalue weighted by atomic mass is 35.5. The lowest BCUT2D eigenvalue weighted by molar-refractivity contribution is 0.415. The topological polar surface area (TPSA) is 9.23 Å². The van der Waals surface area contributed by atoms with Crippen LogP contribution in [0.3, 0.4) is 0 Å². The summed E-state index contributed by atoms with van der Waals surface area (Å²) in [4.78, 5) is 0. The fourth-order valence-electron chi connectivity index (χ4n) is 1.49. The van der Waals surface area contributed by atoms with Crippen molar-refractivity contribution in [3.8, 4) is 16.9 Å². The van der Waals surface area contributed by atoms with E-state index >= 15 is 0 Å². The Bertz CT molecular complexity index is 492. The van der Waals surface area contributed by atoms with E-state index in [-0.39, 0.29) is 0 Å². The van der Waals surface area contributed by atoms with Gasteiger partial charge in [0.05, 0.1) is 7.11 Å². The van der Waals surface area contributed by atoms with Crippen molar-refractivity contribution in [1.82, 2.24) is 0 Å². The van der Waals surface area contributed by atoms with Gasteiger partial charge in [-0.25, -0.2) is 0 Å². The molecule has 0 amide bonds. The minimum atomic E-state index is 0.641. The summed E-state index contributed by atoms with van der Waals surface area (Å²) in [6.45, 7) is 0. The maximum absolute atomic E-state index is 6.12. The summed E-state index contributed by atoms with van der Waals surface area (Å²) in [7, 11) is 1.64. The second kappa shape index (κ2) is 4.77. The van der Waals surface area contributed by atoms with Gasteiger partial charge in [-0.05, 0) is 29.8 Å².